The fourth-order valence-electron chi connectivity index (χ4n) is 2.69. The normalized spacial score (nSPS) is 18.0. The summed E-state index contributed by atoms with van der Waals surface area (Å²) in [7, 11) is -4.08. The van der Waals surface area contributed by atoms with Gasteiger partial charge in [-0.2, -0.15) is 0 Å². The predicted octanol–water partition coefficient (Wildman–Crippen LogP) is 2.47. The number of sulfonamides is 1. The molecule has 0 aliphatic carbocycles. The van der Waals surface area contributed by atoms with Gasteiger partial charge < -0.3 is 14.0 Å². The molecule has 2 aromatic rings. The Morgan fingerprint density at radius 3 is 2.17 bits per heavy atom. The van der Waals surface area contributed by atoms with Crippen LogP contribution in [0.2, 0.25) is 0 Å². The van der Waals surface area contributed by atoms with Crippen LogP contribution in [0.4, 0.5) is 14.5 Å². The lowest BCUT2D eigenvalue weighted by atomic mass is 9.80. The molecule has 2 heterocycles. The van der Waals surface area contributed by atoms with Crippen LogP contribution in [0.15, 0.2) is 35.4 Å². The summed E-state index contributed by atoms with van der Waals surface area (Å²) in [5.41, 5.74) is -1.77. The van der Waals surface area contributed by atoms with Crippen molar-refractivity contribution >= 4 is 28.3 Å². The van der Waals surface area contributed by atoms with Crippen LogP contribution in [0.5, 0.6) is 5.88 Å². The van der Waals surface area contributed by atoms with Gasteiger partial charge in [0.05, 0.1) is 18.3 Å². The number of halogens is 2. The number of methoxy groups -OCH3 is 1. The molecular weight excluding hydrogens is 405 g/mol. The number of hydrogen-bond donors (Lipinski definition) is 1. The molecule has 0 radical (unpaired) electrons. The van der Waals surface area contributed by atoms with E-state index in [1.54, 1.807) is 0 Å². The van der Waals surface area contributed by atoms with Crippen LogP contribution in [0.1, 0.15) is 27.7 Å². The van der Waals surface area contributed by atoms with Gasteiger partial charge in [0.15, 0.2) is 0 Å². The van der Waals surface area contributed by atoms with Crippen LogP contribution in [0.25, 0.3) is 0 Å². The highest BCUT2D eigenvalue weighted by Crippen LogP contribution is 2.37. The quantitative estimate of drug-likeness (QED) is 0.740. The molecule has 3 rings (SSSR count). The topological polar surface area (TPSA) is 86.8 Å². The van der Waals surface area contributed by atoms with E-state index in [1.165, 1.54) is 19.4 Å². The highest BCUT2D eigenvalue weighted by atomic mass is 32.2. The molecule has 29 heavy (non-hydrogen) atoms. The third-order valence-corrected chi connectivity index (χ3v) is 6.39. The fraction of sp³-hybridized carbons (Fsp3) is 0.389. The summed E-state index contributed by atoms with van der Waals surface area (Å²) in [6.07, 6.45) is 1.36. The van der Waals surface area contributed by atoms with Gasteiger partial charge in [0.25, 0.3) is 10.0 Å². The van der Waals surface area contributed by atoms with Crippen LogP contribution in [0.3, 0.4) is 0 Å². The molecule has 1 aromatic heterocycles. The Bertz CT molecular complexity index is 1010. The number of benzene rings is 1. The van der Waals surface area contributed by atoms with E-state index in [1.807, 2.05) is 32.4 Å². The average molecular weight is 426 g/mol. The summed E-state index contributed by atoms with van der Waals surface area (Å²) < 4.78 is 72.3. The SMILES string of the molecule is COc1ncc(B2OC(C)(C)C(C)(C)O2)cc1S(=O)(=O)Nc1c(F)cccc1F. The zero-order chi connectivity index (χ0) is 21.6. The Morgan fingerprint density at radius 2 is 1.66 bits per heavy atom. The van der Waals surface area contributed by atoms with E-state index in [9.17, 15) is 17.2 Å². The van der Waals surface area contributed by atoms with Crippen molar-refractivity contribution in [2.75, 3.05) is 11.8 Å². The molecule has 0 bridgehead atoms. The summed E-state index contributed by atoms with van der Waals surface area (Å²) in [5.74, 6) is -2.35. The molecule has 1 fully saturated rings. The van der Waals surface area contributed by atoms with Crippen LogP contribution in [0, 0.1) is 11.6 Å². The minimum Gasteiger partial charge on any atom is -0.480 e. The predicted molar refractivity (Wildman–Crippen MR) is 104 cm³/mol. The Morgan fingerprint density at radius 1 is 1.10 bits per heavy atom. The molecule has 7 nitrogen and oxygen atoms in total. The van der Waals surface area contributed by atoms with E-state index in [0.717, 1.165) is 18.2 Å². The zero-order valence-corrected chi connectivity index (χ0v) is 17.4. The van der Waals surface area contributed by atoms with Crippen molar-refractivity contribution in [3.8, 4) is 5.88 Å². The van der Waals surface area contributed by atoms with Gasteiger partial charge in [-0.15, -0.1) is 0 Å². The van der Waals surface area contributed by atoms with Gasteiger partial charge in [-0.3, -0.25) is 4.72 Å². The van der Waals surface area contributed by atoms with Gasteiger partial charge >= 0.3 is 7.12 Å². The molecule has 0 saturated carbocycles. The first kappa shape index (κ1) is 21.5. The van der Waals surface area contributed by atoms with Crippen molar-refractivity contribution in [3.63, 3.8) is 0 Å². The number of nitrogens with zero attached hydrogens (tertiary/aromatic N) is 1. The molecule has 0 atom stereocenters. The molecule has 0 unspecified atom stereocenters. The molecule has 0 spiro atoms. The Kier molecular flexibility index (Phi) is 5.35. The van der Waals surface area contributed by atoms with E-state index in [0.29, 0.717) is 5.46 Å². The van der Waals surface area contributed by atoms with Gasteiger partial charge in [0.2, 0.25) is 5.88 Å². The largest absolute Gasteiger partial charge is 0.496 e. The number of ether oxygens (including phenoxy) is 1. The van der Waals surface area contributed by atoms with E-state index in [-0.39, 0.29) is 5.88 Å². The molecule has 11 heteroatoms. The summed E-state index contributed by atoms with van der Waals surface area (Å²) in [6, 6.07) is 4.26. The van der Waals surface area contributed by atoms with Crippen molar-refractivity contribution in [3.05, 3.63) is 42.1 Å². The molecule has 0 amide bonds. The van der Waals surface area contributed by atoms with Crippen LogP contribution < -0.4 is 14.9 Å². The third-order valence-electron chi connectivity index (χ3n) is 5.05. The van der Waals surface area contributed by atoms with Crippen molar-refractivity contribution in [1.82, 2.24) is 4.98 Å². The number of hydrogen-bond acceptors (Lipinski definition) is 6. The van der Waals surface area contributed by atoms with Gasteiger partial charge in [-0.05, 0) is 45.9 Å². The Hall–Kier alpha value is -2.24. The maximum absolute atomic E-state index is 13.9. The Labute approximate surface area is 168 Å². The van der Waals surface area contributed by atoms with Gasteiger partial charge in [-0.1, -0.05) is 6.07 Å². The highest BCUT2D eigenvalue weighted by molar-refractivity contribution is 7.92. The number of para-hydroxylation sites is 1. The van der Waals surface area contributed by atoms with E-state index >= 15 is 0 Å². The second-order valence-corrected chi connectivity index (χ2v) is 9.22. The van der Waals surface area contributed by atoms with Gasteiger partial charge in [-0.25, -0.2) is 22.2 Å². The molecule has 1 aliphatic heterocycles. The van der Waals surface area contributed by atoms with Gasteiger partial charge in [0.1, 0.15) is 22.2 Å². The van der Waals surface area contributed by atoms with E-state index < -0.39 is 50.6 Å². The lowest BCUT2D eigenvalue weighted by molar-refractivity contribution is 0.00578. The van der Waals surface area contributed by atoms with Crippen molar-refractivity contribution in [2.24, 2.45) is 0 Å². The molecule has 156 valence electrons. The summed E-state index contributed by atoms with van der Waals surface area (Å²) in [5, 5.41) is 0. The lowest BCUT2D eigenvalue weighted by Gasteiger charge is -2.32. The summed E-state index contributed by atoms with van der Waals surface area (Å²) in [6.45, 7) is 7.41. The first-order valence-corrected chi connectivity index (χ1v) is 10.2. The van der Waals surface area contributed by atoms with Crippen LogP contribution in [-0.4, -0.2) is 38.8 Å². The lowest BCUT2D eigenvalue weighted by Crippen LogP contribution is -2.41. The van der Waals surface area contributed by atoms with Crippen LogP contribution >= 0.6 is 0 Å². The van der Waals surface area contributed by atoms with Crippen molar-refractivity contribution in [1.29, 1.82) is 0 Å². The fourth-order valence-corrected chi connectivity index (χ4v) is 3.92. The molecule has 1 N–H and O–H groups in total. The maximum atomic E-state index is 13.9. The minimum absolute atomic E-state index is 0.241. The van der Waals surface area contributed by atoms with Crippen molar-refractivity contribution < 1.29 is 31.2 Å². The standard InChI is InChI=1S/C18H21BF2N2O5S/c1-17(2)18(3,4)28-19(27-17)11-9-14(16(26-5)22-10-11)29(24,25)23-15-12(20)7-6-8-13(15)21/h6-10,23H,1-5H3. The minimum atomic E-state index is -4.44. The number of rotatable bonds is 5. The number of pyridine rings is 1. The third kappa shape index (κ3) is 3.94. The molecule has 1 aromatic carbocycles. The number of nitrogens with one attached hydrogen (secondary N) is 1. The first-order valence-electron chi connectivity index (χ1n) is 8.74. The molecule has 1 saturated heterocycles. The summed E-state index contributed by atoms with van der Waals surface area (Å²) >= 11 is 0. The van der Waals surface area contributed by atoms with E-state index in [2.05, 4.69) is 4.98 Å². The maximum Gasteiger partial charge on any atom is 0.496 e. The average Bonchev–Trinajstić information content (AvgIpc) is 2.85. The van der Waals surface area contributed by atoms with Gasteiger partial charge in [0, 0.05) is 11.7 Å². The van der Waals surface area contributed by atoms with Crippen molar-refractivity contribution in [2.45, 2.75) is 43.8 Å². The van der Waals surface area contributed by atoms with E-state index in [4.69, 9.17) is 14.0 Å². The highest BCUT2D eigenvalue weighted by Gasteiger charge is 2.52. The smallest absolute Gasteiger partial charge is 0.480 e. The Balaban J connectivity index is 2.02. The number of anilines is 1. The first-order chi connectivity index (χ1) is 13.4. The van der Waals surface area contributed by atoms with Crippen LogP contribution in [-0.2, 0) is 19.3 Å². The second-order valence-electron chi connectivity index (χ2n) is 7.57. The second kappa shape index (κ2) is 7.23. The zero-order valence-electron chi connectivity index (χ0n) is 16.6. The summed E-state index contributed by atoms with van der Waals surface area (Å²) in [4.78, 5) is 3.59. The molecular formula is C18H21BF2N2O5S. The number of aromatic nitrogens is 1. The molecule has 1 aliphatic rings. The monoisotopic (exact) mass is 426 g/mol.